The monoisotopic (exact) mass is 518 g/mol. The highest BCUT2D eigenvalue weighted by molar-refractivity contribution is 7.14. The second-order valence-electron chi connectivity index (χ2n) is 8.71. The molecule has 4 aromatic rings. The number of thiazole rings is 1. The summed E-state index contributed by atoms with van der Waals surface area (Å²) in [5.74, 6) is -0.797. The van der Waals surface area contributed by atoms with Gasteiger partial charge in [0.2, 0.25) is 13.0 Å². The van der Waals surface area contributed by atoms with E-state index in [0.717, 1.165) is 22.4 Å². The average molecular weight is 519 g/mol. The van der Waals surface area contributed by atoms with Crippen molar-refractivity contribution in [1.29, 1.82) is 0 Å². The van der Waals surface area contributed by atoms with Crippen molar-refractivity contribution in [3.8, 4) is 22.4 Å². The van der Waals surface area contributed by atoms with Crippen molar-refractivity contribution in [2.45, 2.75) is 12.5 Å². The molecule has 1 aromatic carbocycles. The van der Waals surface area contributed by atoms with Crippen LogP contribution in [0, 0.1) is 4.91 Å². The van der Waals surface area contributed by atoms with Gasteiger partial charge in [0.05, 0.1) is 28.6 Å². The van der Waals surface area contributed by atoms with Crippen LogP contribution < -0.4 is 10.6 Å². The fourth-order valence-corrected chi connectivity index (χ4v) is 4.37. The number of nitroso groups, excluding NO2 is 1. The van der Waals surface area contributed by atoms with Crippen LogP contribution in [0.25, 0.3) is 22.4 Å². The van der Waals surface area contributed by atoms with Crippen molar-refractivity contribution in [2.75, 3.05) is 33.0 Å². The molecule has 0 fully saturated rings. The summed E-state index contributed by atoms with van der Waals surface area (Å²) in [6.45, 7) is 0.591. The van der Waals surface area contributed by atoms with Gasteiger partial charge in [-0.2, -0.15) is 0 Å². The van der Waals surface area contributed by atoms with E-state index in [1.54, 1.807) is 12.4 Å². The standard InChI is InChI=1S/C26H27N7O3S/c1-31(2)13-10-22(28-24(34)21-9-14-33(16-21)32(3)36)25(35)30-26-29-23(17-37-26)20-6-4-5-19(15-20)18-7-11-27-12-8-18/h4-9,11-12,14-17,22H,10,13H2,1-3H3,(H-,28,29,30,34,35)/p+1. The van der Waals surface area contributed by atoms with Gasteiger partial charge in [-0.05, 0) is 62.5 Å². The van der Waals surface area contributed by atoms with Gasteiger partial charge in [0.1, 0.15) is 10.9 Å². The molecule has 190 valence electrons. The first kappa shape index (κ1) is 25.9. The molecule has 0 aliphatic rings. The minimum absolute atomic E-state index is 0.288. The van der Waals surface area contributed by atoms with E-state index in [0.29, 0.717) is 23.0 Å². The molecule has 37 heavy (non-hydrogen) atoms. The number of hydrogen-bond acceptors (Lipinski definition) is 7. The maximum Gasteiger partial charge on any atom is 0.253 e. The third-order valence-corrected chi connectivity index (χ3v) is 6.42. The van der Waals surface area contributed by atoms with Gasteiger partial charge < -0.3 is 15.5 Å². The van der Waals surface area contributed by atoms with E-state index in [-0.39, 0.29) is 11.5 Å². The highest BCUT2D eigenvalue weighted by atomic mass is 32.1. The van der Waals surface area contributed by atoms with Gasteiger partial charge >= 0.3 is 0 Å². The predicted molar refractivity (Wildman–Crippen MR) is 143 cm³/mol. The summed E-state index contributed by atoms with van der Waals surface area (Å²) in [6, 6.07) is 12.6. The quantitative estimate of drug-likeness (QED) is 0.311. The van der Waals surface area contributed by atoms with E-state index < -0.39 is 11.9 Å². The second kappa shape index (κ2) is 11.7. The van der Waals surface area contributed by atoms with Gasteiger partial charge in [-0.1, -0.05) is 22.9 Å². The first-order valence-electron chi connectivity index (χ1n) is 11.6. The molecule has 1 unspecified atom stereocenters. The zero-order valence-corrected chi connectivity index (χ0v) is 21.6. The molecule has 2 amide bonds. The number of nitrogens with one attached hydrogen (secondary N) is 2. The Labute approximate surface area is 218 Å². The number of aromatic nitrogens is 3. The number of benzene rings is 1. The SMILES string of the molecule is CN(C)CCC(NC(=O)c1ccn([N+](C)=O)c1)C(=O)Nc1nc(-c2cccc(-c3ccncc3)c2)cs1. The van der Waals surface area contributed by atoms with Crippen LogP contribution in [0.4, 0.5) is 5.13 Å². The van der Waals surface area contributed by atoms with Gasteiger partial charge in [-0.15, -0.1) is 11.3 Å². The van der Waals surface area contributed by atoms with Gasteiger partial charge in [-0.25, -0.2) is 4.98 Å². The summed E-state index contributed by atoms with van der Waals surface area (Å²) in [6.07, 6.45) is 6.80. The molecule has 0 saturated carbocycles. The summed E-state index contributed by atoms with van der Waals surface area (Å²) in [5.41, 5.74) is 4.06. The molecule has 2 N–H and O–H groups in total. The molecule has 0 aliphatic carbocycles. The topological polar surface area (TPSA) is 112 Å². The lowest BCUT2D eigenvalue weighted by Crippen LogP contribution is -2.45. The molecular weight excluding hydrogens is 490 g/mol. The fourth-order valence-electron chi connectivity index (χ4n) is 3.65. The summed E-state index contributed by atoms with van der Waals surface area (Å²) in [5, 5.41) is 7.96. The lowest BCUT2D eigenvalue weighted by atomic mass is 10.0. The van der Waals surface area contributed by atoms with Crippen molar-refractivity contribution < 1.29 is 14.5 Å². The number of carbonyl (C=O) groups is 2. The molecule has 10 nitrogen and oxygen atoms in total. The molecule has 11 heteroatoms. The number of nitrogens with zero attached hydrogens (tertiary/aromatic N) is 5. The van der Waals surface area contributed by atoms with Crippen LogP contribution in [-0.2, 0) is 4.79 Å². The van der Waals surface area contributed by atoms with E-state index in [4.69, 9.17) is 0 Å². The molecule has 1 atom stereocenters. The summed E-state index contributed by atoms with van der Waals surface area (Å²) in [7, 11) is 5.12. The number of rotatable bonds is 10. The summed E-state index contributed by atoms with van der Waals surface area (Å²) < 4.78 is 1.24. The fraction of sp³-hybridized carbons (Fsp3) is 0.231. The highest BCUT2D eigenvalue weighted by Gasteiger charge is 2.24. The van der Waals surface area contributed by atoms with Crippen LogP contribution in [0.2, 0.25) is 0 Å². The molecule has 0 aliphatic heterocycles. The number of carbonyl (C=O) groups excluding carboxylic acids is 2. The Kier molecular flexibility index (Phi) is 8.16. The lowest BCUT2D eigenvalue weighted by molar-refractivity contribution is -0.578. The zero-order chi connectivity index (χ0) is 26.4. The number of pyridine rings is 1. The smallest absolute Gasteiger partial charge is 0.253 e. The molecule has 0 saturated heterocycles. The van der Waals surface area contributed by atoms with Crippen LogP contribution in [0.15, 0.2) is 72.6 Å². The maximum atomic E-state index is 13.1. The zero-order valence-electron chi connectivity index (χ0n) is 20.8. The molecule has 0 spiro atoms. The van der Waals surface area contributed by atoms with Crippen LogP contribution in [0.5, 0.6) is 0 Å². The molecular formula is C26H28N7O3S+. The molecule has 3 heterocycles. The highest BCUT2D eigenvalue weighted by Crippen LogP contribution is 2.28. The van der Waals surface area contributed by atoms with E-state index in [9.17, 15) is 14.5 Å². The average Bonchev–Trinajstić information content (AvgIpc) is 3.57. The Hall–Kier alpha value is -4.22. The Morgan fingerprint density at radius 2 is 1.86 bits per heavy atom. The third kappa shape index (κ3) is 6.72. The summed E-state index contributed by atoms with van der Waals surface area (Å²) in [4.78, 5) is 48.6. The third-order valence-electron chi connectivity index (χ3n) is 5.66. The molecule has 0 bridgehead atoms. The second-order valence-corrected chi connectivity index (χ2v) is 9.56. The number of amides is 2. The maximum absolute atomic E-state index is 13.1. The Balaban J connectivity index is 1.47. The van der Waals surface area contributed by atoms with Crippen LogP contribution >= 0.6 is 11.3 Å². The van der Waals surface area contributed by atoms with E-state index in [2.05, 4.69) is 20.6 Å². The van der Waals surface area contributed by atoms with E-state index in [1.807, 2.05) is 60.8 Å². The van der Waals surface area contributed by atoms with Crippen molar-refractivity contribution in [3.05, 3.63) is 83.1 Å². The van der Waals surface area contributed by atoms with Crippen LogP contribution in [0.3, 0.4) is 0 Å². The minimum Gasteiger partial charge on any atom is -0.340 e. The van der Waals surface area contributed by atoms with Gasteiger partial charge in [0, 0.05) is 23.3 Å². The molecule has 3 aromatic heterocycles. The number of anilines is 1. The molecule has 0 radical (unpaired) electrons. The minimum atomic E-state index is -0.786. The first-order chi connectivity index (χ1) is 17.8. The van der Waals surface area contributed by atoms with E-state index in [1.165, 1.54) is 41.5 Å². The Morgan fingerprint density at radius 3 is 2.57 bits per heavy atom. The van der Waals surface area contributed by atoms with Gasteiger partial charge in [-0.3, -0.25) is 14.6 Å². The first-order valence-corrected chi connectivity index (χ1v) is 12.5. The normalized spacial score (nSPS) is 11.8. The number of hydrogen-bond donors (Lipinski definition) is 2. The Morgan fingerprint density at radius 1 is 1.11 bits per heavy atom. The van der Waals surface area contributed by atoms with Crippen molar-refractivity contribution >= 4 is 28.3 Å². The predicted octanol–water partition coefficient (Wildman–Crippen LogP) is 3.53. The largest absolute Gasteiger partial charge is 0.340 e. The summed E-state index contributed by atoms with van der Waals surface area (Å²) >= 11 is 1.32. The van der Waals surface area contributed by atoms with Gasteiger partial charge in [0.25, 0.3) is 5.91 Å². The van der Waals surface area contributed by atoms with Crippen molar-refractivity contribution in [2.24, 2.45) is 0 Å². The van der Waals surface area contributed by atoms with E-state index >= 15 is 0 Å². The van der Waals surface area contributed by atoms with Crippen LogP contribution in [-0.4, -0.2) is 70.0 Å². The lowest BCUT2D eigenvalue weighted by Gasteiger charge is -2.19. The van der Waals surface area contributed by atoms with Gasteiger partial charge in [0.15, 0.2) is 5.13 Å². The molecule has 4 rings (SSSR count). The van der Waals surface area contributed by atoms with Crippen LogP contribution in [0.1, 0.15) is 16.8 Å². The Bertz CT molecular complexity index is 1400. The van der Waals surface area contributed by atoms with Crippen molar-refractivity contribution in [1.82, 2.24) is 24.9 Å². The van der Waals surface area contributed by atoms with Crippen molar-refractivity contribution in [3.63, 3.8) is 0 Å².